The lowest BCUT2D eigenvalue weighted by molar-refractivity contribution is 0.0697. The number of hydrogen-bond acceptors (Lipinski definition) is 3. The summed E-state index contributed by atoms with van der Waals surface area (Å²) in [4.78, 5) is 14.7. The molecule has 1 heterocycles. The van der Waals surface area contributed by atoms with Crippen molar-refractivity contribution in [3.8, 4) is 0 Å². The van der Waals surface area contributed by atoms with E-state index in [0.29, 0.717) is 23.7 Å². The van der Waals surface area contributed by atoms with Gasteiger partial charge >= 0.3 is 0 Å². The summed E-state index contributed by atoms with van der Waals surface area (Å²) in [6.07, 6.45) is 0. The average molecular weight is 393 g/mol. The minimum atomic E-state index is -3.60. The van der Waals surface area contributed by atoms with Crippen LogP contribution < -0.4 is 0 Å². The zero-order chi connectivity index (χ0) is 18.9. The van der Waals surface area contributed by atoms with Crippen molar-refractivity contribution in [3.63, 3.8) is 0 Å². The number of rotatable bonds is 3. The number of carbonyl (C=O) groups excluding carboxylic acids is 1. The van der Waals surface area contributed by atoms with E-state index in [-0.39, 0.29) is 23.9 Å². The second-order valence-electron chi connectivity index (χ2n) is 6.40. The lowest BCUT2D eigenvalue weighted by atomic mass is 10.0. The second-order valence-corrected chi connectivity index (χ2v) is 8.78. The number of amides is 1. The van der Waals surface area contributed by atoms with Gasteiger partial charge in [-0.15, -0.1) is 0 Å². The quantitative estimate of drug-likeness (QED) is 0.806. The topological polar surface area (TPSA) is 57.7 Å². The number of halogens is 1. The summed E-state index contributed by atoms with van der Waals surface area (Å²) in [6.45, 7) is 5.18. The number of sulfonamides is 1. The number of piperazine rings is 1. The van der Waals surface area contributed by atoms with E-state index < -0.39 is 10.0 Å². The summed E-state index contributed by atoms with van der Waals surface area (Å²) in [5.74, 6) is -0.0500. The predicted octanol–water partition coefficient (Wildman–Crippen LogP) is 3.10. The van der Waals surface area contributed by atoms with E-state index >= 15 is 0 Å². The maximum atomic E-state index is 12.8. The van der Waals surface area contributed by atoms with Crippen LogP contribution in [0.5, 0.6) is 0 Å². The molecule has 2 aromatic carbocycles. The molecule has 1 saturated heterocycles. The minimum absolute atomic E-state index is 0.0500. The van der Waals surface area contributed by atoms with Crippen molar-refractivity contribution in [2.24, 2.45) is 0 Å². The summed E-state index contributed by atoms with van der Waals surface area (Å²) in [5.41, 5.74) is 2.71. The fourth-order valence-corrected chi connectivity index (χ4v) is 4.78. The lowest BCUT2D eigenvalue weighted by Crippen LogP contribution is -2.50. The molecule has 0 spiro atoms. The molecule has 5 nitrogen and oxygen atoms in total. The SMILES string of the molecule is Cc1cccc(C(=O)N2CCN(S(=O)(=O)c3cccc(Cl)c3)CC2)c1C. The minimum Gasteiger partial charge on any atom is -0.336 e. The van der Waals surface area contributed by atoms with Crippen LogP contribution in [0, 0.1) is 13.8 Å². The van der Waals surface area contributed by atoms with E-state index in [2.05, 4.69) is 0 Å². The molecule has 1 fully saturated rings. The Balaban J connectivity index is 1.73. The molecule has 0 N–H and O–H groups in total. The Hall–Kier alpha value is -1.89. The van der Waals surface area contributed by atoms with Crippen molar-refractivity contribution in [1.29, 1.82) is 0 Å². The highest BCUT2D eigenvalue weighted by Gasteiger charge is 2.30. The lowest BCUT2D eigenvalue weighted by Gasteiger charge is -2.34. The van der Waals surface area contributed by atoms with E-state index in [9.17, 15) is 13.2 Å². The van der Waals surface area contributed by atoms with Crippen LogP contribution in [-0.4, -0.2) is 49.7 Å². The Morgan fingerprint density at radius 2 is 1.65 bits per heavy atom. The molecule has 26 heavy (non-hydrogen) atoms. The number of benzene rings is 2. The van der Waals surface area contributed by atoms with E-state index in [1.807, 2.05) is 32.0 Å². The Labute approximate surface area is 159 Å². The van der Waals surface area contributed by atoms with Crippen LogP contribution in [0.25, 0.3) is 0 Å². The zero-order valence-electron chi connectivity index (χ0n) is 14.8. The molecule has 3 rings (SSSR count). The van der Waals surface area contributed by atoms with Crippen LogP contribution in [0.1, 0.15) is 21.5 Å². The molecule has 138 valence electrons. The van der Waals surface area contributed by atoms with Gasteiger partial charge in [0.05, 0.1) is 4.90 Å². The molecular weight excluding hydrogens is 372 g/mol. The van der Waals surface area contributed by atoms with Crippen LogP contribution in [-0.2, 0) is 10.0 Å². The maximum Gasteiger partial charge on any atom is 0.254 e. The number of hydrogen-bond donors (Lipinski definition) is 0. The molecule has 0 saturated carbocycles. The van der Waals surface area contributed by atoms with Gasteiger partial charge in [0.15, 0.2) is 0 Å². The molecule has 0 radical (unpaired) electrons. The van der Waals surface area contributed by atoms with Gasteiger partial charge in [-0.1, -0.05) is 29.8 Å². The Morgan fingerprint density at radius 1 is 1.00 bits per heavy atom. The second kappa shape index (κ2) is 7.39. The van der Waals surface area contributed by atoms with Crippen molar-refractivity contribution < 1.29 is 13.2 Å². The number of carbonyl (C=O) groups is 1. The maximum absolute atomic E-state index is 12.8. The highest BCUT2D eigenvalue weighted by molar-refractivity contribution is 7.89. The third-order valence-corrected chi connectivity index (χ3v) is 6.92. The molecule has 1 aliphatic heterocycles. The van der Waals surface area contributed by atoms with Gasteiger partial charge < -0.3 is 4.90 Å². The van der Waals surface area contributed by atoms with Gasteiger partial charge in [0, 0.05) is 36.8 Å². The van der Waals surface area contributed by atoms with Crippen LogP contribution in [0.15, 0.2) is 47.4 Å². The first-order chi connectivity index (χ1) is 12.3. The molecule has 2 aromatic rings. The fraction of sp³-hybridized carbons (Fsp3) is 0.316. The zero-order valence-corrected chi connectivity index (χ0v) is 16.3. The molecule has 0 aliphatic carbocycles. The summed E-state index contributed by atoms with van der Waals surface area (Å²) < 4.78 is 26.9. The van der Waals surface area contributed by atoms with Gasteiger partial charge in [-0.3, -0.25) is 4.79 Å². The summed E-state index contributed by atoms with van der Waals surface area (Å²) in [5, 5.41) is 0.384. The molecule has 0 atom stereocenters. The molecule has 1 aliphatic rings. The van der Waals surface area contributed by atoms with E-state index in [0.717, 1.165) is 11.1 Å². The Bertz CT molecular complexity index is 936. The predicted molar refractivity (Wildman–Crippen MR) is 102 cm³/mol. The summed E-state index contributed by atoms with van der Waals surface area (Å²) in [7, 11) is -3.60. The number of nitrogens with zero attached hydrogens (tertiary/aromatic N) is 2. The fourth-order valence-electron chi connectivity index (χ4n) is 3.06. The van der Waals surface area contributed by atoms with Gasteiger partial charge in [-0.25, -0.2) is 8.42 Å². The smallest absolute Gasteiger partial charge is 0.254 e. The first-order valence-corrected chi connectivity index (χ1v) is 10.2. The summed E-state index contributed by atoms with van der Waals surface area (Å²) >= 11 is 5.91. The standard InChI is InChI=1S/C19H21ClN2O3S/c1-14-5-3-8-18(15(14)2)19(23)21-9-11-22(12-10-21)26(24,25)17-7-4-6-16(20)13-17/h3-8,13H,9-12H2,1-2H3. The van der Waals surface area contributed by atoms with Crippen molar-refractivity contribution in [2.45, 2.75) is 18.7 Å². The van der Waals surface area contributed by atoms with Gasteiger partial charge in [0.2, 0.25) is 10.0 Å². The monoisotopic (exact) mass is 392 g/mol. The van der Waals surface area contributed by atoms with Crippen molar-refractivity contribution >= 4 is 27.5 Å². The highest BCUT2D eigenvalue weighted by atomic mass is 35.5. The van der Waals surface area contributed by atoms with E-state index in [1.165, 1.54) is 16.4 Å². The first kappa shape index (κ1) is 18.9. The first-order valence-electron chi connectivity index (χ1n) is 8.42. The van der Waals surface area contributed by atoms with Crippen LogP contribution in [0.3, 0.4) is 0 Å². The van der Waals surface area contributed by atoms with E-state index in [4.69, 9.17) is 11.6 Å². The van der Waals surface area contributed by atoms with Gasteiger partial charge in [-0.2, -0.15) is 4.31 Å². The van der Waals surface area contributed by atoms with Crippen LogP contribution >= 0.6 is 11.6 Å². The Kier molecular flexibility index (Phi) is 5.37. The molecular formula is C19H21ClN2O3S. The van der Waals surface area contributed by atoms with Gasteiger partial charge in [0.25, 0.3) is 5.91 Å². The van der Waals surface area contributed by atoms with E-state index in [1.54, 1.807) is 17.0 Å². The van der Waals surface area contributed by atoms with Crippen molar-refractivity contribution in [2.75, 3.05) is 26.2 Å². The van der Waals surface area contributed by atoms with Crippen molar-refractivity contribution in [1.82, 2.24) is 9.21 Å². The molecule has 1 amide bonds. The van der Waals surface area contributed by atoms with Crippen LogP contribution in [0.4, 0.5) is 0 Å². The highest BCUT2D eigenvalue weighted by Crippen LogP contribution is 2.22. The Morgan fingerprint density at radius 3 is 2.31 bits per heavy atom. The van der Waals surface area contributed by atoms with Crippen molar-refractivity contribution in [3.05, 3.63) is 64.2 Å². The van der Waals surface area contributed by atoms with Gasteiger partial charge in [0.1, 0.15) is 0 Å². The molecule has 0 aromatic heterocycles. The normalized spacial score (nSPS) is 15.9. The van der Waals surface area contributed by atoms with Crippen LogP contribution in [0.2, 0.25) is 5.02 Å². The number of aryl methyl sites for hydroxylation is 1. The molecule has 0 bridgehead atoms. The molecule has 0 unspecified atom stereocenters. The largest absolute Gasteiger partial charge is 0.336 e. The third-order valence-electron chi connectivity index (χ3n) is 4.79. The van der Waals surface area contributed by atoms with Gasteiger partial charge in [-0.05, 0) is 49.2 Å². The average Bonchev–Trinajstić information content (AvgIpc) is 2.63. The third kappa shape index (κ3) is 3.63. The molecule has 7 heteroatoms. The summed E-state index contributed by atoms with van der Waals surface area (Å²) in [6, 6.07) is 11.9.